The van der Waals surface area contributed by atoms with E-state index in [0.717, 1.165) is 0 Å². The van der Waals surface area contributed by atoms with E-state index in [1.165, 1.54) is 11.8 Å². The van der Waals surface area contributed by atoms with E-state index in [0.29, 0.717) is 68.6 Å². The molecule has 18 heteroatoms. The fourth-order valence-electron chi connectivity index (χ4n) is 10.3. The fourth-order valence-corrected chi connectivity index (χ4v) is 10.7. The van der Waals surface area contributed by atoms with Crippen molar-refractivity contribution in [2.75, 3.05) is 6.26 Å². The second kappa shape index (κ2) is 18.8. The number of ether oxygens (including phenoxy) is 6. The van der Waals surface area contributed by atoms with E-state index < -0.39 is 114 Å². The Labute approximate surface area is 387 Å². The van der Waals surface area contributed by atoms with E-state index >= 15 is 0 Å². The second-order valence-corrected chi connectivity index (χ2v) is 20.7. The molecule has 2 N–H and O–H groups in total. The van der Waals surface area contributed by atoms with Crippen molar-refractivity contribution in [3.05, 3.63) is 12.2 Å². The van der Waals surface area contributed by atoms with Crippen LogP contribution in [-0.4, -0.2) is 118 Å². The number of carbonyl (C=O) groups excluding carboxylic acids is 2. The van der Waals surface area contributed by atoms with Crippen molar-refractivity contribution in [1.82, 2.24) is 0 Å². The number of aliphatic hydroxyl groups is 2. The topological polar surface area (TPSA) is 167 Å². The number of fused-ring (bicyclic) bond motifs is 6. The van der Waals surface area contributed by atoms with E-state index in [4.69, 9.17) is 59.3 Å². The quantitative estimate of drug-likeness (QED) is 0.180. The number of thioether (sulfide) groups is 1. The van der Waals surface area contributed by atoms with Gasteiger partial charge in [0.2, 0.25) is 4.38 Å². The number of esters is 2. The van der Waals surface area contributed by atoms with Crippen LogP contribution in [0.2, 0.25) is 0 Å². The average molecular weight is 893 g/mol. The van der Waals surface area contributed by atoms with Gasteiger partial charge < -0.3 is 57.3 Å². The average Bonchev–Trinajstić information content (AvgIpc) is 3.81. The summed E-state index contributed by atoms with van der Waals surface area (Å²) in [6, 6.07) is 0. The molecule has 334 valence electrons. The van der Waals surface area contributed by atoms with Crippen LogP contribution in [-0.2, 0) is 56.6 Å². The first-order valence-electron chi connectivity index (χ1n) is 21.8. The Morgan fingerprint density at radius 2 is 1.38 bits per heavy atom. The summed E-state index contributed by atoms with van der Waals surface area (Å²) in [6.07, 6.45) is 2.88. The van der Waals surface area contributed by atoms with Crippen LogP contribution in [0.25, 0.3) is 0 Å². The number of aliphatic hydroxyl groups excluding tert-OH is 2. The normalized spacial score (nSPS) is 46.6. The molecule has 7 heterocycles. The largest absolute Gasteiger partial charge is 1.00 e. The molecule has 0 amide bonds. The predicted octanol–water partition coefficient (Wildman–Crippen LogP) is 3.03. The SMILES string of the molecule is CSC(=S)O[C@H](C)[C@@H]1C/C=C\CC[C@H](O)C(C)(C)[C@@H]2CC[C@@H](C)[C@]3(O2)O[B-]24O[C@@H](C(=O)O1)[C@@]1(O[C@@H](CC[C@H]1C)C(C)(C)[C@H](O)CCC[C@@H]1C[C@H](OC(=O)[C@@H]3O2)[C@@H](C)O1)O4.[Na+]. The minimum absolute atomic E-state index is 0. The van der Waals surface area contributed by atoms with E-state index in [2.05, 4.69) is 0 Å². The molecule has 6 saturated heterocycles. The number of hydrogen-bond donors (Lipinski definition) is 2. The molecule has 0 radical (unpaired) electrons. The number of rotatable bonds is 2. The minimum atomic E-state index is -3.47. The molecule has 16 atom stereocenters. The molecule has 60 heavy (non-hydrogen) atoms. The number of hydrogen-bond acceptors (Lipinski definition) is 16. The van der Waals surface area contributed by atoms with Crippen molar-refractivity contribution < 1.29 is 96.4 Å². The molecule has 7 aliphatic heterocycles. The summed E-state index contributed by atoms with van der Waals surface area (Å²) in [5.74, 6) is -6.15. The first-order chi connectivity index (χ1) is 27.8. The van der Waals surface area contributed by atoms with Crippen LogP contribution in [0.5, 0.6) is 0 Å². The Balaban J connectivity index is 0.00000604. The molecule has 7 rings (SSSR count). The van der Waals surface area contributed by atoms with Gasteiger partial charge in [0.1, 0.15) is 18.3 Å². The third-order valence-corrected chi connectivity index (χ3v) is 15.7. The van der Waals surface area contributed by atoms with Crippen LogP contribution in [0.1, 0.15) is 126 Å². The summed E-state index contributed by atoms with van der Waals surface area (Å²) in [4.78, 5) is 29.7. The van der Waals surface area contributed by atoms with Gasteiger partial charge in [-0.05, 0) is 90.1 Å². The molecular formula is C42H66BNaO14S2. The van der Waals surface area contributed by atoms with Gasteiger partial charge in [-0.1, -0.05) is 65.5 Å². The predicted molar refractivity (Wildman–Crippen MR) is 221 cm³/mol. The number of cyclic esters (lactones) is 1. The van der Waals surface area contributed by atoms with Gasteiger partial charge in [-0.2, -0.15) is 0 Å². The molecule has 0 saturated carbocycles. The summed E-state index contributed by atoms with van der Waals surface area (Å²) < 4.78 is 66.5. The molecular weight excluding hydrogens is 826 g/mol. The van der Waals surface area contributed by atoms with Gasteiger partial charge in [-0.15, -0.1) is 0 Å². The van der Waals surface area contributed by atoms with Gasteiger partial charge in [-0.25, -0.2) is 9.59 Å². The van der Waals surface area contributed by atoms with Gasteiger partial charge in [0.25, 0.3) is 0 Å². The Kier molecular flexibility index (Phi) is 15.4. The fraction of sp³-hybridized carbons (Fsp3) is 0.881. The Bertz CT molecular complexity index is 1610. The van der Waals surface area contributed by atoms with Crippen LogP contribution >= 0.6 is 24.0 Å². The Morgan fingerprint density at radius 3 is 1.95 bits per heavy atom. The third kappa shape index (κ3) is 9.21. The van der Waals surface area contributed by atoms with Crippen LogP contribution in [0.4, 0.5) is 0 Å². The molecule has 7 aliphatic rings. The molecule has 0 aliphatic carbocycles. The van der Waals surface area contributed by atoms with Crippen molar-refractivity contribution >= 4 is 47.3 Å². The van der Waals surface area contributed by atoms with E-state index in [-0.39, 0.29) is 42.1 Å². The molecule has 0 aromatic carbocycles. The monoisotopic (exact) mass is 892 g/mol. The van der Waals surface area contributed by atoms with Crippen molar-refractivity contribution in [2.45, 2.75) is 205 Å². The van der Waals surface area contributed by atoms with Crippen LogP contribution in [0.3, 0.4) is 0 Å². The Morgan fingerprint density at radius 1 is 0.833 bits per heavy atom. The van der Waals surface area contributed by atoms with Crippen molar-refractivity contribution in [3.8, 4) is 0 Å². The van der Waals surface area contributed by atoms with Crippen molar-refractivity contribution in [1.29, 1.82) is 0 Å². The molecule has 1 unspecified atom stereocenters. The summed E-state index contributed by atoms with van der Waals surface area (Å²) in [7, 11) is 0. The van der Waals surface area contributed by atoms with Crippen LogP contribution in [0.15, 0.2) is 12.2 Å². The number of carbonyl (C=O) groups is 2. The van der Waals surface area contributed by atoms with Crippen molar-refractivity contribution in [3.63, 3.8) is 0 Å². The summed E-state index contributed by atoms with van der Waals surface area (Å²) in [6.45, 7) is 11.8. The van der Waals surface area contributed by atoms with Gasteiger partial charge in [0.05, 0.1) is 36.6 Å². The van der Waals surface area contributed by atoms with Gasteiger partial charge in [0, 0.05) is 35.5 Å². The smallest absolute Gasteiger partial charge is 0.504 e. The zero-order valence-corrected chi connectivity index (χ0v) is 40.8. The number of thiocarbonyl (C=S) groups is 1. The van der Waals surface area contributed by atoms with Crippen molar-refractivity contribution in [2.24, 2.45) is 22.7 Å². The van der Waals surface area contributed by atoms with Gasteiger partial charge >= 0.3 is 48.5 Å². The zero-order chi connectivity index (χ0) is 42.7. The molecule has 0 aromatic heterocycles. The second-order valence-electron chi connectivity index (χ2n) is 19.3. The van der Waals surface area contributed by atoms with E-state index in [1.807, 2.05) is 66.9 Å². The maximum Gasteiger partial charge on any atom is 1.00 e. The molecule has 0 aromatic rings. The maximum absolute atomic E-state index is 14.9. The number of allylic oxidation sites excluding steroid dienone is 1. The first kappa shape index (κ1) is 49.1. The van der Waals surface area contributed by atoms with Crippen LogP contribution < -0.4 is 29.6 Å². The van der Waals surface area contributed by atoms with E-state index in [9.17, 15) is 19.8 Å². The molecule has 6 fully saturated rings. The summed E-state index contributed by atoms with van der Waals surface area (Å²) in [5, 5.41) is 23.5. The maximum atomic E-state index is 14.9. The van der Waals surface area contributed by atoms with Crippen LogP contribution in [0, 0.1) is 22.7 Å². The molecule has 14 nitrogen and oxygen atoms in total. The minimum Gasteiger partial charge on any atom is -0.504 e. The summed E-state index contributed by atoms with van der Waals surface area (Å²) >= 11 is 6.66. The zero-order valence-electron chi connectivity index (χ0n) is 37.1. The Hall–Kier alpha value is -0.375. The summed E-state index contributed by atoms with van der Waals surface area (Å²) in [5.41, 5.74) is -1.60. The van der Waals surface area contributed by atoms with E-state index in [1.54, 1.807) is 6.92 Å². The van der Waals surface area contributed by atoms with Gasteiger partial charge in [0.15, 0.2) is 23.8 Å². The first-order valence-corrected chi connectivity index (χ1v) is 23.5. The molecule has 9 bridgehead atoms. The third-order valence-electron chi connectivity index (χ3n) is 14.6. The molecule has 3 spiro atoms. The van der Waals surface area contributed by atoms with Gasteiger partial charge in [-0.3, -0.25) is 0 Å². The standard InChI is InChI=1S/C42H66BO14S2.Na/c1-23-19-21-33-40(7,8)31(45)17-13-14-27-22-29(26(4)48-27)51-37(47)35-42-24(2)18-20-32(52-42)39(5,6)30(44)16-12-10-11-15-28(25(3)49-38(58)59-9)50-36(46)34-41(23,53-33)56-43(54-34,55-35)57-42;/h10-11,23-35,44-45H,12-22H2,1-9H3;/q-1;+1/b11-10-;/t23-,24-,25-,26-,27-,28+,29+,30+,31-,32+,33+,34+,35+,41+,42+,43?;/m1./s1.